The first kappa shape index (κ1) is 69.1. The van der Waals surface area contributed by atoms with Crippen molar-refractivity contribution in [2.45, 2.75) is 284 Å². The third kappa shape index (κ3) is 58.8. The number of allylic oxidation sites excluding steroid dienone is 18. The number of rotatable bonds is 54. The number of esters is 3. The molecule has 0 aromatic heterocycles. The van der Waals surface area contributed by atoms with Gasteiger partial charge in [0, 0.05) is 19.3 Å². The molecule has 1 atom stereocenters. The maximum atomic E-state index is 12.9. The molecular weight excluding hydrogens is 901 g/mol. The number of ether oxygens (including phenoxy) is 3. The Labute approximate surface area is 450 Å². The second kappa shape index (κ2) is 60.6. The highest BCUT2D eigenvalue weighted by Gasteiger charge is 2.19. The summed E-state index contributed by atoms with van der Waals surface area (Å²) in [7, 11) is 0. The van der Waals surface area contributed by atoms with Crippen molar-refractivity contribution in [1.29, 1.82) is 0 Å². The molecule has 0 N–H and O–H groups in total. The molecule has 0 aliphatic rings. The second-order valence-corrected chi connectivity index (χ2v) is 19.9. The summed E-state index contributed by atoms with van der Waals surface area (Å²) in [4.78, 5) is 38.2. The average Bonchev–Trinajstić information content (AvgIpc) is 3.39. The second-order valence-electron chi connectivity index (χ2n) is 19.9. The van der Waals surface area contributed by atoms with E-state index in [9.17, 15) is 14.4 Å². The number of carbonyl (C=O) groups is 3. The van der Waals surface area contributed by atoms with Crippen LogP contribution in [-0.2, 0) is 28.6 Å². The van der Waals surface area contributed by atoms with Crippen LogP contribution < -0.4 is 0 Å². The van der Waals surface area contributed by atoms with Gasteiger partial charge in [0.25, 0.3) is 0 Å². The maximum Gasteiger partial charge on any atom is 0.306 e. The number of hydrogen-bond acceptors (Lipinski definition) is 6. The molecule has 73 heavy (non-hydrogen) atoms. The molecule has 0 heterocycles. The molecule has 0 saturated heterocycles. The normalized spacial score (nSPS) is 12.9. The van der Waals surface area contributed by atoms with Gasteiger partial charge < -0.3 is 14.2 Å². The predicted molar refractivity (Wildman–Crippen MR) is 316 cm³/mol. The van der Waals surface area contributed by atoms with E-state index < -0.39 is 6.10 Å². The lowest BCUT2D eigenvalue weighted by Gasteiger charge is -2.18. The van der Waals surface area contributed by atoms with Gasteiger partial charge in [-0.1, -0.05) is 246 Å². The quantitative estimate of drug-likeness (QED) is 0.0261. The zero-order valence-corrected chi connectivity index (χ0v) is 47.6. The van der Waals surface area contributed by atoms with Crippen LogP contribution >= 0.6 is 0 Å². The zero-order valence-electron chi connectivity index (χ0n) is 47.6. The molecule has 0 rings (SSSR count). The van der Waals surface area contributed by atoms with E-state index in [0.29, 0.717) is 12.8 Å². The van der Waals surface area contributed by atoms with E-state index in [0.717, 1.165) is 135 Å². The van der Waals surface area contributed by atoms with E-state index in [-0.39, 0.29) is 37.5 Å². The molecule has 0 aromatic carbocycles. The summed E-state index contributed by atoms with van der Waals surface area (Å²) in [5.41, 5.74) is 0. The van der Waals surface area contributed by atoms with Gasteiger partial charge in [0.15, 0.2) is 6.10 Å². The first-order valence-corrected chi connectivity index (χ1v) is 30.4. The molecule has 0 saturated carbocycles. The molecule has 416 valence electrons. The largest absolute Gasteiger partial charge is 0.462 e. The lowest BCUT2D eigenvalue weighted by molar-refractivity contribution is -0.167. The number of unbranched alkanes of at least 4 members (excludes halogenated alkanes) is 25. The third-order valence-electron chi connectivity index (χ3n) is 12.7. The van der Waals surface area contributed by atoms with Crippen molar-refractivity contribution >= 4 is 17.9 Å². The van der Waals surface area contributed by atoms with E-state index in [4.69, 9.17) is 14.2 Å². The van der Waals surface area contributed by atoms with Gasteiger partial charge in [0.2, 0.25) is 0 Å². The van der Waals surface area contributed by atoms with Crippen LogP contribution in [0.5, 0.6) is 0 Å². The highest BCUT2D eigenvalue weighted by molar-refractivity contribution is 5.71. The minimum absolute atomic E-state index is 0.0982. The van der Waals surface area contributed by atoms with Crippen LogP contribution in [0, 0.1) is 0 Å². The summed E-state index contributed by atoms with van der Waals surface area (Å²) in [6.07, 6.45) is 82.3. The lowest BCUT2D eigenvalue weighted by Crippen LogP contribution is -2.30. The van der Waals surface area contributed by atoms with E-state index in [2.05, 4.69) is 130 Å². The zero-order chi connectivity index (χ0) is 52.9. The van der Waals surface area contributed by atoms with Crippen molar-refractivity contribution < 1.29 is 28.6 Å². The summed E-state index contributed by atoms with van der Waals surface area (Å²) in [6.45, 7) is 6.42. The van der Waals surface area contributed by atoms with Crippen molar-refractivity contribution in [3.8, 4) is 0 Å². The fraction of sp³-hybridized carbons (Fsp3) is 0.687. The van der Waals surface area contributed by atoms with Crippen LogP contribution in [0.3, 0.4) is 0 Å². The molecule has 0 aromatic rings. The molecule has 6 heteroatoms. The fourth-order valence-corrected chi connectivity index (χ4v) is 8.18. The Morgan fingerprint density at radius 3 is 0.904 bits per heavy atom. The van der Waals surface area contributed by atoms with Crippen molar-refractivity contribution in [3.63, 3.8) is 0 Å². The van der Waals surface area contributed by atoms with E-state index in [1.54, 1.807) is 0 Å². The Hall–Kier alpha value is -3.93. The average molecular weight is 1010 g/mol. The van der Waals surface area contributed by atoms with Gasteiger partial charge >= 0.3 is 17.9 Å². The minimum atomic E-state index is -0.805. The van der Waals surface area contributed by atoms with Crippen molar-refractivity contribution in [2.75, 3.05) is 13.2 Å². The van der Waals surface area contributed by atoms with Gasteiger partial charge in [-0.25, -0.2) is 0 Å². The van der Waals surface area contributed by atoms with E-state index >= 15 is 0 Å². The monoisotopic (exact) mass is 1010 g/mol. The molecule has 0 bridgehead atoms. The summed E-state index contributed by atoms with van der Waals surface area (Å²) >= 11 is 0. The van der Waals surface area contributed by atoms with Gasteiger partial charge in [-0.2, -0.15) is 0 Å². The van der Waals surface area contributed by atoms with Crippen LogP contribution in [0.15, 0.2) is 109 Å². The molecule has 0 spiro atoms. The van der Waals surface area contributed by atoms with Crippen molar-refractivity contribution in [3.05, 3.63) is 109 Å². The standard InChI is InChI=1S/C67H112O6/c1-4-7-10-13-16-19-22-25-27-29-31-32-33-34-36-37-39-42-45-48-51-54-57-60-66(69)72-63-64(62-71-65(68)59-56-53-50-47-44-41-24-21-18-15-12-9-6-3)73-67(70)61-58-55-52-49-46-43-40-38-35-30-28-26-23-20-17-14-11-8-5-2/h8,11-12,15,17,20-22,24-26,28-29,31,35,38,43,46,64H,4-7,9-10,13-14,16,18-19,23,27,30,32-34,36-37,39-42,44-45,47-63H2,1-3H3/b11-8-,15-12-,20-17-,24-21-,25-22-,28-26-,31-29-,38-35-,46-43-. The van der Waals surface area contributed by atoms with Crippen molar-refractivity contribution in [2.24, 2.45) is 0 Å². The summed E-state index contributed by atoms with van der Waals surface area (Å²) in [5, 5.41) is 0. The lowest BCUT2D eigenvalue weighted by atomic mass is 10.0. The predicted octanol–water partition coefficient (Wildman–Crippen LogP) is 20.7. The number of hydrogen-bond donors (Lipinski definition) is 0. The van der Waals surface area contributed by atoms with E-state index in [1.165, 1.54) is 103 Å². The SMILES string of the molecule is CC/C=C\C/C=C\C/C=C\C/C=C\C/C=C\CCCCCC(=O)OC(COC(=O)CCCCCCC/C=C\C/C=C\CCC)COC(=O)CCCCCCCCCCCCC/C=C\C/C=C\CCCCCCC. The van der Waals surface area contributed by atoms with Gasteiger partial charge in [0.1, 0.15) is 13.2 Å². The summed E-state index contributed by atoms with van der Waals surface area (Å²) in [6, 6.07) is 0. The molecular formula is C67H112O6. The van der Waals surface area contributed by atoms with Gasteiger partial charge in [-0.05, 0) is 122 Å². The molecule has 0 amide bonds. The van der Waals surface area contributed by atoms with Gasteiger partial charge in [-0.15, -0.1) is 0 Å². The molecule has 1 unspecified atom stereocenters. The number of carbonyl (C=O) groups excluding carboxylic acids is 3. The minimum Gasteiger partial charge on any atom is -0.462 e. The van der Waals surface area contributed by atoms with Crippen LogP contribution in [-0.4, -0.2) is 37.2 Å². The highest BCUT2D eigenvalue weighted by Crippen LogP contribution is 2.15. The summed E-state index contributed by atoms with van der Waals surface area (Å²) in [5.74, 6) is -0.944. The van der Waals surface area contributed by atoms with Crippen LogP contribution in [0.25, 0.3) is 0 Å². The van der Waals surface area contributed by atoms with Crippen LogP contribution in [0.2, 0.25) is 0 Å². The molecule has 0 fully saturated rings. The van der Waals surface area contributed by atoms with Crippen molar-refractivity contribution in [1.82, 2.24) is 0 Å². The Bertz CT molecular complexity index is 1490. The fourth-order valence-electron chi connectivity index (χ4n) is 8.18. The molecule has 0 aliphatic heterocycles. The third-order valence-corrected chi connectivity index (χ3v) is 12.7. The van der Waals surface area contributed by atoms with Crippen LogP contribution in [0.4, 0.5) is 0 Å². The topological polar surface area (TPSA) is 78.9 Å². The first-order valence-electron chi connectivity index (χ1n) is 30.4. The van der Waals surface area contributed by atoms with E-state index in [1.807, 2.05) is 0 Å². The molecule has 0 aliphatic carbocycles. The van der Waals surface area contributed by atoms with Crippen LogP contribution in [0.1, 0.15) is 278 Å². The highest BCUT2D eigenvalue weighted by atomic mass is 16.6. The smallest absolute Gasteiger partial charge is 0.306 e. The Kier molecular flexibility index (Phi) is 57.4. The maximum absolute atomic E-state index is 12.9. The van der Waals surface area contributed by atoms with Gasteiger partial charge in [0.05, 0.1) is 0 Å². The Morgan fingerprint density at radius 2 is 0.562 bits per heavy atom. The Morgan fingerprint density at radius 1 is 0.288 bits per heavy atom. The molecule has 0 radical (unpaired) electrons. The molecule has 6 nitrogen and oxygen atoms in total. The first-order chi connectivity index (χ1) is 36.0. The Balaban J connectivity index is 4.41. The van der Waals surface area contributed by atoms with Gasteiger partial charge in [-0.3, -0.25) is 14.4 Å². The summed E-state index contributed by atoms with van der Waals surface area (Å²) < 4.78 is 16.9.